The van der Waals surface area contributed by atoms with Gasteiger partial charge in [0.1, 0.15) is 18.0 Å². The molecule has 6 heteroatoms. The maximum absolute atomic E-state index is 7.83. The van der Waals surface area contributed by atoms with Crippen molar-refractivity contribution in [2.24, 2.45) is 0 Å². The molecule has 0 atom stereocenters. The first kappa shape index (κ1) is 16.4. The van der Waals surface area contributed by atoms with Gasteiger partial charge in [0.2, 0.25) is 0 Å². The average molecular weight is 324 g/mol. The van der Waals surface area contributed by atoms with Crippen LogP contribution in [-0.2, 0) is 6.54 Å². The van der Waals surface area contributed by atoms with Crippen molar-refractivity contribution in [2.75, 3.05) is 43.4 Å². The molecule has 126 valence electrons. The average Bonchev–Trinajstić information content (AvgIpc) is 2.61. The Morgan fingerprint density at radius 2 is 1.92 bits per heavy atom. The number of likely N-dealkylation sites (N-methyl/N-ethyl adjacent to an activating group) is 1. The van der Waals surface area contributed by atoms with E-state index in [1.165, 1.54) is 17.3 Å². The fourth-order valence-electron chi connectivity index (χ4n) is 2.92. The molecule has 1 saturated heterocycles. The smallest absolute Gasteiger partial charge is 0.143 e. The minimum Gasteiger partial charge on any atom is -0.365 e. The van der Waals surface area contributed by atoms with Crippen molar-refractivity contribution in [1.82, 2.24) is 14.9 Å². The summed E-state index contributed by atoms with van der Waals surface area (Å²) in [6.45, 7) is 6.65. The molecule has 0 amide bonds. The highest BCUT2D eigenvalue weighted by molar-refractivity contribution is 5.91. The molecule has 6 nitrogen and oxygen atoms in total. The molecular weight excluding hydrogens is 300 g/mol. The molecule has 1 aromatic carbocycles. The van der Waals surface area contributed by atoms with Crippen molar-refractivity contribution in [3.05, 3.63) is 47.3 Å². The lowest BCUT2D eigenvalue weighted by atomic mass is 10.1. The molecule has 1 aliphatic rings. The van der Waals surface area contributed by atoms with Crippen molar-refractivity contribution in [1.29, 1.82) is 5.41 Å². The van der Waals surface area contributed by atoms with Crippen molar-refractivity contribution in [3.63, 3.8) is 0 Å². The number of rotatable bonds is 5. The van der Waals surface area contributed by atoms with Crippen molar-refractivity contribution >= 4 is 17.9 Å². The summed E-state index contributed by atoms with van der Waals surface area (Å²) in [5, 5.41) is 11.2. The fourth-order valence-corrected chi connectivity index (χ4v) is 2.92. The molecule has 0 bridgehead atoms. The molecule has 3 rings (SSSR count). The van der Waals surface area contributed by atoms with Crippen LogP contribution in [0.3, 0.4) is 0 Å². The van der Waals surface area contributed by atoms with Crippen LogP contribution in [-0.4, -0.2) is 54.3 Å². The minimum atomic E-state index is 0.687. The Bertz CT molecular complexity index is 706. The van der Waals surface area contributed by atoms with Crippen molar-refractivity contribution < 1.29 is 0 Å². The van der Waals surface area contributed by atoms with E-state index in [9.17, 15) is 0 Å². The summed E-state index contributed by atoms with van der Waals surface area (Å²) in [7, 11) is 2.13. The number of aryl methyl sites for hydroxylation is 1. The molecule has 1 fully saturated rings. The van der Waals surface area contributed by atoms with Crippen LogP contribution in [0.4, 0.5) is 11.6 Å². The Morgan fingerprint density at radius 3 is 2.62 bits per heavy atom. The van der Waals surface area contributed by atoms with Crippen LogP contribution >= 0.6 is 0 Å². The third kappa shape index (κ3) is 3.54. The van der Waals surface area contributed by atoms with Gasteiger partial charge in [-0.25, -0.2) is 9.97 Å². The van der Waals surface area contributed by atoms with E-state index in [4.69, 9.17) is 5.41 Å². The highest BCUT2D eigenvalue weighted by Gasteiger charge is 2.19. The first-order chi connectivity index (χ1) is 11.7. The van der Waals surface area contributed by atoms with Gasteiger partial charge >= 0.3 is 0 Å². The highest BCUT2D eigenvalue weighted by Crippen LogP contribution is 2.23. The summed E-state index contributed by atoms with van der Waals surface area (Å²) in [5.74, 6) is 1.57. The zero-order valence-electron chi connectivity index (χ0n) is 14.3. The van der Waals surface area contributed by atoms with E-state index in [0.29, 0.717) is 6.54 Å². The molecule has 24 heavy (non-hydrogen) atoms. The van der Waals surface area contributed by atoms with Crippen LogP contribution in [0.5, 0.6) is 0 Å². The lowest BCUT2D eigenvalue weighted by Gasteiger charge is -2.34. The number of piperazine rings is 1. The summed E-state index contributed by atoms with van der Waals surface area (Å²) in [5.41, 5.74) is 3.23. The third-order valence-electron chi connectivity index (χ3n) is 4.52. The number of hydrogen-bond acceptors (Lipinski definition) is 6. The monoisotopic (exact) mass is 324 g/mol. The molecule has 0 aliphatic carbocycles. The number of nitrogens with zero attached hydrogens (tertiary/aromatic N) is 4. The second kappa shape index (κ2) is 7.40. The van der Waals surface area contributed by atoms with Gasteiger partial charge in [-0.1, -0.05) is 24.3 Å². The van der Waals surface area contributed by atoms with E-state index in [0.717, 1.165) is 43.4 Å². The van der Waals surface area contributed by atoms with Gasteiger partial charge in [0.25, 0.3) is 0 Å². The Labute approximate surface area is 143 Å². The van der Waals surface area contributed by atoms with Gasteiger partial charge in [-0.15, -0.1) is 0 Å². The molecule has 2 aromatic rings. The van der Waals surface area contributed by atoms with Gasteiger partial charge in [0.15, 0.2) is 0 Å². The summed E-state index contributed by atoms with van der Waals surface area (Å²) < 4.78 is 0. The van der Waals surface area contributed by atoms with Crippen molar-refractivity contribution in [2.45, 2.75) is 13.5 Å². The van der Waals surface area contributed by atoms with Crippen LogP contribution in [0.1, 0.15) is 16.7 Å². The standard InChI is InChI=1S/C18H24N6/c1-14-5-3-4-6-15(14)12-20-17-16(11-19)18(22-13-21-17)24-9-7-23(2)8-10-24/h3-6,11,13,19H,7-10,12H2,1-2H3,(H,20,21,22). The van der Waals surface area contributed by atoms with E-state index in [2.05, 4.69) is 51.2 Å². The first-order valence-electron chi connectivity index (χ1n) is 8.26. The second-order valence-corrected chi connectivity index (χ2v) is 6.17. The van der Waals surface area contributed by atoms with E-state index < -0.39 is 0 Å². The quantitative estimate of drug-likeness (QED) is 0.825. The van der Waals surface area contributed by atoms with E-state index in [1.54, 1.807) is 6.33 Å². The summed E-state index contributed by atoms with van der Waals surface area (Å²) in [6, 6.07) is 8.29. The molecular formula is C18H24N6. The van der Waals surface area contributed by atoms with Gasteiger partial charge < -0.3 is 20.5 Å². The molecule has 2 N–H and O–H groups in total. The normalized spacial score (nSPS) is 15.3. The Balaban J connectivity index is 1.80. The van der Waals surface area contributed by atoms with Gasteiger partial charge in [0, 0.05) is 38.9 Å². The van der Waals surface area contributed by atoms with Gasteiger partial charge in [-0.05, 0) is 25.1 Å². The summed E-state index contributed by atoms with van der Waals surface area (Å²) in [4.78, 5) is 13.3. The SMILES string of the molecule is Cc1ccccc1CNc1ncnc(N2CCN(C)CC2)c1C=N. The lowest BCUT2D eigenvalue weighted by molar-refractivity contribution is 0.312. The number of hydrogen-bond donors (Lipinski definition) is 2. The Kier molecular flexibility index (Phi) is 5.05. The molecule has 0 saturated carbocycles. The molecule has 0 spiro atoms. The molecule has 0 radical (unpaired) electrons. The predicted molar refractivity (Wildman–Crippen MR) is 98.1 cm³/mol. The zero-order valence-corrected chi connectivity index (χ0v) is 14.3. The minimum absolute atomic E-state index is 0.687. The summed E-state index contributed by atoms with van der Waals surface area (Å²) in [6.07, 6.45) is 2.94. The molecule has 1 aliphatic heterocycles. The van der Waals surface area contributed by atoms with Crippen LogP contribution in [0, 0.1) is 12.3 Å². The van der Waals surface area contributed by atoms with Crippen LogP contribution in [0.2, 0.25) is 0 Å². The molecule has 0 unspecified atom stereocenters. The lowest BCUT2D eigenvalue weighted by Crippen LogP contribution is -2.45. The molecule has 2 heterocycles. The molecule has 1 aromatic heterocycles. The number of aromatic nitrogens is 2. The van der Waals surface area contributed by atoms with Crippen LogP contribution in [0.15, 0.2) is 30.6 Å². The predicted octanol–water partition coefficient (Wildman–Crippen LogP) is 2.15. The number of anilines is 2. The summed E-state index contributed by atoms with van der Waals surface area (Å²) >= 11 is 0. The third-order valence-corrected chi connectivity index (χ3v) is 4.52. The Hall–Kier alpha value is -2.47. The topological polar surface area (TPSA) is 68.1 Å². The Morgan fingerprint density at radius 1 is 1.17 bits per heavy atom. The maximum Gasteiger partial charge on any atom is 0.143 e. The van der Waals surface area contributed by atoms with Crippen molar-refractivity contribution in [3.8, 4) is 0 Å². The fraction of sp³-hybridized carbons (Fsp3) is 0.389. The number of benzene rings is 1. The van der Waals surface area contributed by atoms with E-state index in [-0.39, 0.29) is 0 Å². The zero-order chi connectivity index (χ0) is 16.9. The highest BCUT2D eigenvalue weighted by atomic mass is 15.3. The van der Waals surface area contributed by atoms with Gasteiger partial charge in [-0.2, -0.15) is 0 Å². The van der Waals surface area contributed by atoms with Gasteiger partial charge in [0.05, 0.1) is 5.56 Å². The van der Waals surface area contributed by atoms with Crippen LogP contribution in [0.25, 0.3) is 0 Å². The maximum atomic E-state index is 7.83. The largest absolute Gasteiger partial charge is 0.365 e. The van der Waals surface area contributed by atoms with E-state index in [1.807, 2.05) is 12.1 Å². The van der Waals surface area contributed by atoms with Gasteiger partial charge in [-0.3, -0.25) is 0 Å². The van der Waals surface area contributed by atoms with Crippen LogP contribution < -0.4 is 10.2 Å². The first-order valence-corrected chi connectivity index (χ1v) is 8.26. The van der Waals surface area contributed by atoms with E-state index >= 15 is 0 Å². The number of nitrogens with one attached hydrogen (secondary N) is 2. The second-order valence-electron chi connectivity index (χ2n) is 6.17.